The number of anilines is 1. The van der Waals surface area contributed by atoms with Gasteiger partial charge in [0.25, 0.3) is 5.91 Å². The Kier molecular flexibility index (Phi) is 6.24. The maximum atomic E-state index is 13.0. The molecule has 1 heterocycles. The highest BCUT2D eigenvalue weighted by molar-refractivity contribution is 8.27. The van der Waals surface area contributed by atoms with E-state index >= 15 is 0 Å². The first kappa shape index (κ1) is 20.9. The first-order valence-electron chi connectivity index (χ1n) is 8.58. The van der Waals surface area contributed by atoms with E-state index in [1.165, 1.54) is 44.9 Å². The highest BCUT2D eigenvalue weighted by Crippen LogP contribution is 2.41. The van der Waals surface area contributed by atoms with Crippen LogP contribution in [0.25, 0.3) is 6.08 Å². The van der Waals surface area contributed by atoms with Crippen LogP contribution in [0.15, 0.2) is 41.3 Å². The smallest absolute Gasteiger partial charge is 0.270 e. The van der Waals surface area contributed by atoms with E-state index in [-0.39, 0.29) is 11.7 Å². The average molecular weight is 430 g/mol. The molecule has 8 heteroatoms. The van der Waals surface area contributed by atoms with Crippen LogP contribution in [-0.2, 0) is 4.79 Å². The molecule has 1 aliphatic heterocycles. The number of thiocarbonyl (C=S) groups is 1. The number of ether oxygens (including phenoxy) is 3. The van der Waals surface area contributed by atoms with Crippen molar-refractivity contribution in [3.8, 4) is 17.2 Å². The fourth-order valence-electron chi connectivity index (χ4n) is 2.87. The highest BCUT2D eigenvalue weighted by atomic mass is 32.2. The lowest BCUT2D eigenvalue weighted by atomic mass is 10.1. The SMILES string of the molecule is COc1cc(/C=C2\SC(=S)N(c3ccc(C(C)=O)cc3)C2=O)cc(OC)c1OC. The third-order valence-electron chi connectivity index (χ3n) is 4.31. The first-order chi connectivity index (χ1) is 13.9. The lowest BCUT2D eigenvalue weighted by Crippen LogP contribution is -2.27. The maximum absolute atomic E-state index is 13.0. The molecule has 0 unspecified atom stereocenters. The molecule has 2 aromatic rings. The Bertz CT molecular complexity index is 989. The van der Waals surface area contributed by atoms with E-state index < -0.39 is 0 Å². The summed E-state index contributed by atoms with van der Waals surface area (Å²) < 4.78 is 16.5. The van der Waals surface area contributed by atoms with Gasteiger partial charge in [-0.3, -0.25) is 14.5 Å². The molecule has 0 atom stereocenters. The standard InChI is InChI=1S/C21H19NO5S2/c1-12(23)14-5-7-15(8-6-14)22-20(24)18(29-21(22)28)11-13-9-16(25-2)19(27-4)17(10-13)26-3/h5-11H,1-4H3/b18-11-. The van der Waals surface area contributed by atoms with Gasteiger partial charge in [-0.05, 0) is 55.0 Å². The molecule has 29 heavy (non-hydrogen) atoms. The number of amides is 1. The Morgan fingerprint density at radius 3 is 2.10 bits per heavy atom. The van der Waals surface area contributed by atoms with Crippen LogP contribution in [-0.4, -0.2) is 37.3 Å². The monoisotopic (exact) mass is 429 g/mol. The number of nitrogens with zero attached hydrogens (tertiary/aromatic N) is 1. The van der Waals surface area contributed by atoms with Crippen molar-refractivity contribution < 1.29 is 23.8 Å². The highest BCUT2D eigenvalue weighted by Gasteiger charge is 2.33. The van der Waals surface area contributed by atoms with Gasteiger partial charge >= 0.3 is 0 Å². The van der Waals surface area contributed by atoms with Crippen LogP contribution in [0, 0.1) is 0 Å². The Morgan fingerprint density at radius 2 is 1.62 bits per heavy atom. The van der Waals surface area contributed by atoms with E-state index in [1.807, 2.05) is 0 Å². The summed E-state index contributed by atoms with van der Waals surface area (Å²) in [5.41, 5.74) is 1.91. The summed E-state index contributed by atoms with van der Waals surface area (Å²) in [4.78, 5) is 26.4. The van der Waals surface area contributed by atoms with Crippen LogP contribution in [0.1, 0.15) is 22.8 Å². The van der Waals surface area contributed by atoms with Gasteiger partial charge in [0.2, 0.25) is 5.75 Å². The zero-order valence-electron chi connectivity index (χ0n) is 16.3. The largest absolute Gasteiger partial charge is 0.493 e. The molecular weight excluding hydrogens is 410 g/mol. The molecule has 0 radical (unpaired) electrons. The second-order valence-corrected chi connectivity index (χ2v) is 7.75. The molecule has 0 saturated carbocycles. The third kappa shape index (κ3) is 4.13. The molecule has 1 amide bonds. The van der Waals surface area contributed by atoms with Gasteiger partial charge in [-0.15, -0.1) is 0 Å². The molecule has 3 rings (SSSR count). The average Bonchev–Trinajstić information content (AvgIpc) is 3.00. The van der Waals surface area contributed by atoms with Gasteiger partial charge in [0.05, 0.1) is 31.9 Å². The molecule has 6 nitrogen and oxygen atoms in total. The van der Waals surface area contributed by atoms with Gasteiger partial charge in [0, 0.05) is 5.56 Å². The summed E-state index contributed by atoms with van der Waals surface area (Å²) in [6, 6.07) is 10.3. The third-order valence-corrected chi connectivity index (χ3v) is 5.61. The van der Waals surface area contributed by atoms with E-state index in [4.69, 9.17) is 26.4 Å². The Hall–Kier alpha value is -2.84. The Labute approximate surface area is 178 Å². The minimum Gasteiger partial charge on any atom is -0.493 e. The summed E-state index contributed by atoms with van der Waals surface area (Å²) in [5, 5.41) is 0. The van der Waals surface area contributed by atoms with Crippen molar-refractivity contribution in [2.24, 2.45) is 0 Å². The summed E-state index contributed by atoms with van der Waals surface area (Å²) >= 11 is 6.61. The number of Topliss-reactive ketones (excluding diaryl/α,β-unsaturated/α-hetero) is 1. The number of carbonyl (C=O) groups is 2. The second-order valence-electron chi connectivity index (χ2n) is 6.08. The van der Waals surface area contributed by atoms with Crippen molar-refractivity contribution in [1.82, 2.24) is 0 Å². The zero-order chi connectivity index (χ0) is 21.1. The van der Waals surface area contributed by atoms with E-state index in [9.17, 15) is 9.59 Å². The van der Waals surface area contributed by atoms with Crippen LogP contribution in [0.2, 0.25) is 0 Å². The number of carbonyl (C=O) groups excluding carboxylic acids is 2. The molecule has 2 aromatic carbocycles. The fraction of sp³-hybridized carbons (Fsp3) is 0.190. The van der Waals surface area contributed by atoms with Crippen LogP contribution < -0.4 is 19.1 Å². The van der Waals surface area contributed by atoms with Crippen molar-refractivity contribution in [3.05, 3.63) is 52.4 Å². The Balaban J connectivity index is 1.95. The van der Waals surface area contributed by atoms with E-state index in [1.54, 1.807) is 42.5 Å². The predicted octanol–water partition coefficient (Wildman–Crippen LogP) is 4.32. The fourth-order valence-corrected chi connectivity index (χ4v) is 4.17. The molecule has 0 N–H and O–H groups in total. The predicted molar refractivity (Wildman–Crippen MR) is 118 cm³/mol. The maximum Gasteiger partial charge on any atom is 0.270 e. The summed E-state index contributed by atoms with van der Waals surface area (Å²) in [5.74, 6) is 1.20. The molecular formula is C21H19NO5S2. The van der Waals surface area contributed by atoms with Crippen molar-refractivity contribution >= 4 is 51.8 Å². The van der Waals surface area contributed by atoms with E-state index in [0.29, 0.717) is 43.3 Å². The number of thioether (sulfide) groups is 1. The van der Waals surface area contributed by atoms with Crippen molar-refractivity contribution in [2.45, 2.75) is 6.92 Å². The molecule has 1 saturated heterocycles. The normalized spacial score (nSPS) is 15.0. The number of hydrogen-bond donors (Lipinski definition) is 0. The van der Waals surface area contributed by atoms with Gasteiger partial charge in [-0.2, -0.15) is 0 Å². The zero-order valence-corrected chi connectivity index (χ0v) is 18.0. The topological polar surface area (TPSA) is 65.1 Å². The number of methoxy groups -OCH3 is 3. The van der Waals surface area contributed by atoms with Crippen LogP contribution in [0.5, 0.6) is 17.2 Å². The molecule has 0 aromatic heterocycles. The molecule has 0 bridgehead atoms. The quantitative estimate of drug-likeness (QED) is 0.385. The molecule has 0 spiro atoms. The molecule has 0 aliphatic carbocycles. The van der Waals surface area contributed by atoms with Crippen LogP contribution >= 0.6 is 24.0 Å². The van der Waals surface area contributed by atoms with Crippen molar-refractivity contribution in [1.29, 1.82) is 0 Å². The minimum absolute atomic E-state index is 0.0377. The first-order valence-corrected chi connectivity index (χ1v) is 9.81. The molecule has 1 aliphatic rings. The van der Waals surface area contributed by atoms with Gasteiger partial charge in [0.15, 0.2) is 21.6 Å². The van der Waals surface area contributed by atoms with Gasteiger partial charge in [-0.1, -0.05) is 24.0 Å². The van der Waals surface area contributed by atoms with Crippen LogP contribution in [0.4, 0.5) is 5.69 Å². The van der Waals surface area contributed by atoms with Crippen molar-refractivity contribution in [2.75, 3.05) is 26.2 Å². The molecule has 1 fully saturated rings. The lowest BCUT2D eigenvalue weighted by Gasteiger charge is -2.14. The second kappa shape index (κ2) is 8.67. The van der Waals surface area contributed by atoms with Gasteiger partial charge in [0.1, 0.15) is 0 Å². The minimum atomic E-state index is -0.232. The Morgan fingerprint density at radius 1 is 1.03 bits per heavy atom. The van der Waals surface area contributed by atoms with Crippen molar-refractivity contribution in [3.63, 3.8) is 0 Å². The molecule has 150 valence electrons. The number of benzene rings is 2. The summed E-state index contributed by atoms with van der Waals surface area (Å²) in [7, 11) is 4.60. The van der Waals surface area contributed by atoms with E-state index in [0.717, 1.165) is 0 Å². The lowest BCUT2D eigenvalue weighted by molar-refractivity contribution is -0.113. The van der Waals surface area contributed by atoms with Gasteiger partial charge in [-0.25, -0.2) is 0 Å². The summed E-state index contributed by atoms with van der Waals surface area (Å²) in [6.07, 6.45) is 1.73. The number of hydrogen-bond acceptors (Lipinski definition) is 7. The van der Waals surface area contributed by atoms with Crippen LogP contribution in [0.3, 0.4) is 0 Å². The summed E-state index contributed by atoms with van der Waals surface area (Å²) in [6.45, 7) is 1.49. The van der Waals surface area contributed by atoms with E-state index in [2.05, 4.69) is 0 Å². The number of ketones is 1. The number of rotatable bonds is 6. The van der Waals surface area contributed by atoms with Gasteiger partial charge < -0.3 is 14.2 Å².